The van der Waals surface area contributed by atoms with Crippen LogP contribution >= 0.6 is 11.6 Å². The lowest BCUT2D eigenvalue weighted by Gasteiger charge is -2.09. The molecule has 0 spiro atoms. The van der Waals surface area contributed by atoms with Crippen LogP contribution in [-0.4, -0.2) is 13.4 Å². The predicted molar refractivity (Wildman–Crippen MR) is 81.0 cm³/mol. The van der Waals surface area contributed by atoms with Crippen molar-refractivity contribution in [2.24, 2.45) is 0 Å². The molecule has 108 valence electrons. The summed E-state index contributed by atoms with van der Waals surface area (Å²) in [5.41, 5.74) is 1.37. The summed E-state index contributed by atoms with van der Waals surface area (Å²) in [6, 6.07) is 11.2. The van der Waals surface area contributed by atoms with Gasteiger partial charge in [-0.05, 0) is 24.3 Å². The molecular weight excluding hydrogens is 312 g/mol. The fourth-order valence-corrected chi connectivity index (χ4v) is 3.27. The van der Waals surface area contributed by atoms with E-state index in [4.69, 9.17) is 16.0 Å². The Bertz CT molecular complexity index is 919. The Labute approximate surface area is 126 Å². The molecule has 0 bridgehead atoms. The van der Waals surface area contributed by atoms with E-state index in [2.05, 4.69) is 9.71 Å². The van der Waals surface area contributed by atoms with Gasteiger partial charge in [-0.1, -0.05) is 23.7 Å². The van der Waals surface area contributed by atoms with Gasteiger partial charge in [0.15, 0.2) is 11.5 Å². The second kappa shape index (κ2) is 5.05. The lowest BCUT2D eigenvalue weighted by atomic mass is 10.3. The smallest absolute Gasteiger partial charge is 0.262 e. The lowest BCUT2D eigenvalue weighted by molar-refractivity contribution is 0.559. The Kier molecular flexibility index (Phi) is 3.35. The van der Waals surface area contributed by atoms with Crippen LogP contribution < -0.4 is 4.72 Å². The normalized spacial score (nSPS) is 11.7. The van der Waals surface area contributed by atoms with Crippen molar-refractivity contribution >= 4 is 38.4 Å². The van der Waals surface area contributed by atoms with E-state index in [1.165, 1.54) is 12.1 Å². The van der Waals surface area contributed by atoms with Gasteiger partial charge in [-0.2, -0.15) is 0 Å². The summed E-state index contributed by atoms with van der Waals surface area (Å²) in [6.45, 7) is 1.70. The molecule has 1 heterocycles. The first-order valence-electron chi connectivity index (χ1n) is 6.10. The largest absolute Gasteiger partial charge is 0.441 e. The van der Waals surface area contributed by atoms with Crippen LogP contribution in [0.25, 0.3) is 11.1 Å². The number of aromatic nitrogens is 1. The van der Waals surface area contributed by atoms with Gasteiger partial charge in [0, 0.05) is 13.0 Å². The van der Waals surface area contributed by atoms with Gasteiger partial charge >= 0.3 is 0 Å². The zero-order valence-corrected chi connectivity index (χ0v) is 12.6. The highest BCUT2D eigenvalue weighted by atomic mass is 35.5. The molecule has 3 aromatic rings. The second-order valence-electron chi connectivity index (χ2n) is 4.45. The molecule has 2 aromatic carbocycles. The average Bonchev–Trinajstić information content (AvgIpc) is 2.80. The summed E-state index contributed by atoms with van der Waals surface area (Å²) in [5.74, 6) is 0.485. The van der Waals surface area contributed by atoms with E-state index in [9.17, 15) is 8.42 Å². The Morgan fingerprint density at radius 3 is 2.71 bits per heavy atom. The predicted octanol–water partition coefficient (Wildman–Crippen LogP) is 3.59. The van der Waals surface area contributed by atoms with Crippen molar-refractivity contribution in [1.82, 2.24) is 4.98 Å². The van der Waals surface area contributed by atoms with Gasteiger partial charge in [-0.3, -0.25) is 4.72 Å². The third-order valence-electron chi connectivity index (χ3n) is 2.90. The molecule has 3 rings (SSSR count). The van der Waals surface area contributed by atoms with Crippen LogP contribution in [0, 0.1) is 6.92 Å². The lowest BCUT2D eigenvalue weighted by Crippen LogP contribution is -2.13. The Morgan fingerprint density at radius 1 is 1.19 bits per heavy atom. The topological polar surface area (TPSA) is 72.2 Å². The molecule has 5 nitrogen and oxygen atoms in total. The maximum atomic E-state index is 12.4. The number of anilines is 1. The van der Waals surface area contributed by atoms with E-state index in [-0.39, 0.29) is 4.90 Å². The summed E-state index contributed by atoms with van der Waals surface area (Å²) in [6.07, 6.45) is 0. The summed E-state index contributed by atoms with van der Waals surface area (Å²) < 4.78 is 32.5. The molecule has 0 aliphatic carbocycles. The highest BCUT2D eigenvalue weighted by Gasteiger charge is 2.17. The fraction of sp³-hybridized carbons (Fsp3) is 0.0714. The molecule has 0 aliphatic heterocycles. The number of aryl methyl sites for hydroxylation is 1. The number of halogens is 1. The van der Waals surface area contributed by atoms with Gasteiger partial charge in [-0.25, -0.2) is 13.4 Å². The van der Waals surface area contributed by atoms with Crippen LogP contribution in [-0.2, 0) is 10.0 Å². The molecule has 21 heavy (non-hydrogen) atoms. The molecule has 1 aromatic heterocycles. The van der Waals surface area contributed by atoms with Gasteiger partial charge < -0.3 is 4.42 Å². The van der Waals surface area contributed by atoms with Crippen LogP contribution in [0.1, 0.15) is 5.89 Å². The molecule has 0 aliphatic rings. The van der Waals surface area contributed by atoms with Crippen LogP contribution in [0.15, 0.2) is 51.8 Å². The van der Waals surface area contributed by atoms with Gasteiger partial charge in [0.1, 0.15) is 5.52 Å². The van der Waals surface area contributed by atoms with Gasteiger partial charge in [0.05, 0.1) is 15.6 Å². The van der Waals surface area contributed by atoms with E-state index in [1.54, 1.807) is 37.3 Å². The number of fused-ring (bicyclic) bond motifs is 1. The van der Waals surface area contributed by atoms with E-state index < -0.39 is 10.0 Å². The maximum Gasteiger partial charge on any atom is 0.262 e. The number of nitrogens with one attached hydrogen (secondary N) is 1. The number of oxazole rings is 1. The fourth-order valence-electron chi connectivity index (χ4n) is 1.93. The summed E-state index contributed by atoms with van der Waals surface area (Å²) >= 11 is 5.96. The minimum absolute atomic E-state index is 0.0890. The van der Waals surface area contributed by atoms with Crippen LogP contribution in [0.5, 0.6) is 0 Å². The SMILES string of the molecule is Cc1nc2ccc(S(=O)(=O)Nc3ccccc3Cl)cc2o1. The molecule has 0 atom stereocenters. The van der Waals surface area contributed by atoms with Crippen molar-refractivity contribution in [1.29, 1.82) is 0 Å². The number of benzene rings is 2. The summed E-state index contributed by atoms with van der Waals surface area (Å²) in [4.78, 5) is 4.22. The van der Waals surface area contributed by atoms with E-state index >= 15 is 0 Å². The highest BCUT2D eigenvalue weighted by molar-refractivity contribution is 7.92. The zero-order valence-electron chi connectivity index (χ0n) is 11.0. The molecule has 0 fully saturated rings. The standard InChI is InChI=1S/C14H11ClN2O3S/c1-9-16-13-7-6-10(8-14(13)20-9)21(18,19)17-12-5-3-2-4-11(12)15/h2-8,17H,1H3. The second-order valence-corrected chi connectivity index (χ2v) is 6.54. The zero-order chi connectivity index (χ0) is 15.0. The van der Waals surface area contributed by atoms with Gasteiger partial charge in [-0.15, -0.1) is 0 Å². The van der Waals surface area contributed by atoms with Crippen molar-refractivity contribution in [3.63, 3.8) is 0 Å². The van der Waals surface area contributed by atoms with E-state index in [1.807, 2.05) is 0 Å². The minimum atomic E-state index is -3.74. The highest BCUT2D eigenvalue weighted by Crippen LogP contribution is 2.25. The third-order valence-corrected chi connectivity index (χ3v) is 4.59. The Balaban J connectivity index is 2.01. The molecule has 0 saturated carbocycles. The molecular formula is C14H11ClN2O3S. The first kappa shape index (κ1) is 13.9. The number of sulfonamides is 1. The Hall–Kier alpha value is -2.05. The quantitative estimate of drug-likeness (QED) is 0.799. The molecule has 0 amide bonds. The molecule has 1 N–H and O–H groups in total. The van der Waals surface area contributed by atoms with Crippen molar-refractivity contribution < 1.29 is 12.8 Å². The number of nitrogens with zero attached hydrogens (tertiary/aromatic N) is 1. The number of para-hydroxylation sites is 1. The van der Waals surface area contributed by atoms with Crippen molar-refractivity contribution in [2.75, 3.05) is 4.72 Å². The summed E-state index contributed by atoms with van der Waals surface area (Å²) in [5, 5.41) is 0.331. The molecule has 7 heteroatoms. The van der Waals surface area contributed by atoms with Gasteiger partial charge in [0.2, 0.25) is 0 Å². The first-order chi connectivity index (χ1) is 9.95. The minimum Gasteiger partial charge on any atom is -0.441 e. The first-order valence-corrected chi connectivity index (χ1v) is 7.96. The van der Waals surface area contributed by atoms with Crippen molar-refractivity contribution in [2.45, 2.75) is 11.8 Å². The van der Waals surface area contributed by atoms with Crippen LogP contribution in [0.3, 0.4) is 0 Å². The van der Waals surface area contributed by atoms with Crippen molar-refractivity contribution in [3.05, 3.63) is 53.4 Å². The molecule has 0 saturated heterocycles. The monoisotopic (exact) mass is 322 g/mol. The third kappa shape index (κ3) is 2.72. The average molecular weight is 323 g/mol. The molecule has 0 unspecified atom stereocenters. The van der Waals surface area contributed by atoms with Crippen LogP contribution in [0.4, 0.5) is 5.69 Å². The maximum absolute atomic E-state index is 12.4. The number of hydrogen-bond donors (Lipinski definition) is 1. The van der Waals surface area contributed by atoms with E-state index in [0.29, 0.717) is 27.7 Å². The van der Waals surface area contributed by atoms with Gasteiger partial charge in [0.25, 0.3) is 10.0 Å². The van der Waals surface area contributed by atoms with Crippen LogP contribution in [0.2, 0.25) is 5.02 Å². The number of hydrogen-bond acceptors (Lipinski definition) is 4. The molecule has 0 radical (unpaired) electrons. The Morgan fingerprint density at radius 2 is 1.95 bits per heavy atom. The summed E-state index contributed by atoms with van der Waals surface area (Å²) in [7, 11) is -3.74. The van der Waals surface area contributed by atoms with Crippen molar-refractivity contribution in [3.8, 4) is 0 Å². The van der Waals surface area contributed by atoms with E-state index in [0.717, 1.165) is 0 Å². The number of rotatable bonds is 3.